The Bertz CT molecular complexity index is 650. The lowest BCUT2D eigenvalue weighted by Gasteiger charge is -2.38. The van der Waals surface area contributed by atoms with Crippen LogP contribution in [0.5, 0.6) is 0 Å². The first-order chi connectivity index (χ1) is 13.5. The fraction of sp³-hybridized carbons (Fsp3) is 0.750. The maximum atomic E-state index is 10.7. The maximum absolute atomic E-state index is 10.7. The molecule has 2 fully saturated rings. The zero-order chi connectivity index (χ0) is 21.2. The lowest BCUT2D eigenvalue weighted by molar-refractivity contribution is 0.0482. The van der Waals surface area contributed by atoms with Crippen LogP contribution in [0.4, 0.5) is 0 Å². The monoisotopic (exact) mass is 437 g/mol. The molecule has 0 aromatic heterocycles. The summed E-state index contributed by atoms with van der Waals surface area (Å²) in [4.78, 5) is 2.55. The van der Waals surface area contributed by atoms with Gasteiger partial charge in [-0.1, -0.05) is 44.5 Å². The van der Waals surface area contributed by atoms with Gasteiger partial charge in [-0.2, -0.15) is 0 Å². The van der Waals surface area contributed by atoms with E-state index >= 15 is 0 Å². The summed E-state index contributed by atoms with van der Waals surface area (Å²) in [5.74, 6) is 1.24. The van der Waals surface area contributed by atoms with E-state index in [1.54, 1.807) is 0 Å². The van der Waals surface area contributed by atoms with Crippen molar-refractivity contribution in [3.63, 3.8) is 0 Å². The van der Waals surface area contributed by atoms with E-state index < -0.39 is 8.32 Å². The van der Waals surface area contributed by atoms with Gasteiger partial charge in [0.05, 0.1) is 6.10 Å². The first-order valence-corrected chi connectivity index (χ1v) is 14.6. The molecule has 0 amide bonds. The molecule has 1 aromatic carbocycles. The van der Waals surface area contributed by atoms with Gasteiger partial charge >= 0.3 is 0 Å². The molecule has 3 atom stereocenters. The molecule has 1 aromatic rings. The molecule has 2 aliphatic rings. The largest absolute Gasteiger partial charge is 0.417 e. The third kappa shape index (κ3) is 6.07. The summed E-state index contributed by atoms with van der Waals surface area (Å²) in [6, 6.07) is 8.62. The Morgan fingerprint density at radius 2 is 1.69 bits per heavy atom. The number of piperidine rings is 1. The van der Waals surface area contributed by atoms with Crippen molar-refractivity contribution < 1.29 is 9.53 Å². The molecular formula is C24H40ClNO2Si. The van der Waals surface area contributed by atoms with Crippen LogP contribution in [-0.4, -0.2) is 50.2 Å². The molecule has 29 heavy (non-hydrogen) atoms. The summed E-state index contributed by atoms with van der Waals surface area (Å²) in [5, 5.41) is 11.8. The van der Waals surface area contributed by atoms with Crippen LogP contribution in [0.15, 0.2) is 24.3 Å². The standard InChI is InChI=1S/C24H40ClNO2Si/c1-24(2,3)29(4,5)28-17-20-15-22(23(27)16-20)26-12-10-19(11-13-26)14-18-6-8-21(25)9-7-18/h6-9,19-20,22-23,27H,10-17H2,1-5H3/t20-,22-,23-/m1/s1. The van der Waals surface area contributed by atoms with Gasteiger partial charge in [-0.05, 0) is 92.9 Å². The zero-order valence-electron chi connectivity index (χ0n) is 19.0. The van der Waals surface area contributed by atoms with E-state index in [2.05, 4.69) is 50.9 Å². The molecule has 1 aliphatic carbocycles. The third-order valence-electron chi connectivity index (χ3n) is 7.64. The van der Waals surface area contributed by atoms with Crippen LogP contribution in [0, 0.1) is 11.8 Å². The maximum Gasteiger partial charge on any atom is 0.191 e. The molecule has 164 valence electrons. The van der Waals surface area contributed by atoms with Crippen molar-refractivity contribution in [3.05, 3.63) is 34.9 Å². The number of hydrogen-bond donors (Lipinski definition) is 1. The fourth-order valence-corrected chi connectivity index (χ4v) is 5.82. The summed E-state index contributed by atoms with van der Waals surface area (Å²) in [6.45, 7) is 14.5. The predicted octanol–water partition coefficient (Wildman–Crippen LogP) is 5.76. The molecule has 0 spiro atoms. The second kappa shape index (κ2) is 9.40. The number of halogens is 1. The average molecular weight is 438 g/mol. The van der Waals surface area contributed by atoms with E-state index in [4.69, 9.17) is 16.0 Å². The van der Waals surface area contributed by atoms with Crippen molar-refractivity contribution in [2.75, 3.05) is 19.7 Å². The van der Waals surface area contributed by atoms with Crippen molar-refractivity contribution in [1.82, 2.24) is 4.90 Å². The van der Waals surface area contributed by atoms with Gasteiger partial charge in [-0.3, -0.25) is 4.90 Å². The van der Waals surface area contributed by atoms with Gasteiger partial charge < -0.3 is 9.53 Å². The number of likely N-dealkylation sites (tertiary alicyclic amines) is 1. The van der Waals surface area contributed by atoms with Gasteiger partial charge in [0.25, 0.3) is 0 Å². The first kappa shape index (κ1) is 23.3. The molecule has 1 heterocycles. The van der Waals surface area contributed by atoms with Crippen LogP contribution in [0.25, 0.3) is 0 Å². The van der Waals surface area contributed by atoms with Crippen molar-refractivity contribution in [2.24, 2.45) is 11.8 Å². The normalized spacial score (nSPS) is 27.5. The van der Waals surface area contributed by atoms with E-state index in [0.717, 1.165) is 49.9 Å². The molecule has 3 rings (SSSR count). The minimum absolute atomic E-state index is 0.198. The van der Waals surface area contributed by atoms with E-state index in [-0.39, 0.29) is 11.1 Å². The molecule has 0 radical (unpaired) electrons. The molecule has 0 unspecified atom stereocenters. The minimum Gasteiger partial charge on any atom is -0.417 e. The van der Waals surface area contributed by atoms with Crippen LogP contribution in [-0.2, 0) is 10.8 Å². The highest BCUT2D eigenvalue weighted by molar-refractivity contribution is 6.74. The summed E-state index contributed by atoms with van der Waals surface area (Å²) < 4.78 is 6.45. The van der Waals surface area contributed by atoms with Gasteiger partial charge in [-0.15, -0.1) is 0 Å². The van der Waals surface area contributed by atoms with Gasteiger partial charge in [0.1, 0.15) is 0 Å². The lowest BCUT2D eigenvalue weighted by Crippen LogP contribution is -2.45. The van der Waals surface area contributed by atoms with E-state index in [0.29, 0.717) is 12.0 Å². The Hall–Kier alpha value is -0.393. The van der Waals surface area contributed by atoms with Crippen molar-refractivity contribution in [1.29, 1.82) is 0 Å². The first-order valence-electron chi connectivity index (χ1n) is 11.4. The summed E-state index contributed by atoms with van der Waals surface area (Å²) in [5.41, 5.74) is 1.39. The topological polar surface area (TPSA) is 32.7 Å². The molecule has 1 aliphatic heterocycles. The summed E-state index contributed by atoms with van der Waals surface area (Å²) in [6.07, 6.45) is 5.35. The number of nitrogens with zero attached hydrogens (tertiary/aromatic N) is 1. The van der Waals surface area contributed by atoms with E-state index in [1.165, 1.54) is 18.4 Å². The molecule has 1 saturated carbocycles. The highest BCUT2D eigenvalue weighted by Gasteiger charge is 2.41. The van der Waals surface area contributed by atoms with Gasteiger partial charge in [0.15, 0.2) is 8.32 Å². The molecule has 5 heteroatoms. The zero-order valence-corrected chi connectivity index (χ0v) is 20.7. The van der Waals surface area contributed by atoms with Crippen LogP contribution in [0.2, 0.25) is 23.2 Å². The number of benzene rings is 1. The smallest absolute Gasteiger partial charge is 0.191 e. The Balaban J connectivity index is 1.45. The minimum atomic E-state index is -1.71. The average Bonchev–Trinajstić information content (AvgIpc) is 3.02. The fourth-order valence-electron chi connectivity index (χ4n) is 4.61. The van der Waals surface area contributed by atoms with Crippen molar-refractivity contribution in [3.8, 4) is 0 Å². The number of rotatable bonds is 6. The summed E-state index contributed by atoms with van der Waals surface area (Å²) >= 11 is 6.00. The molecule has 3 nitrogen and oxygen atoms in total. The highest BCUT2D eigenvalue weighted by atomic mass is 35.5. The third-order valence-corrected chi connectivity index (χ3v) is 12.4. The summed E-state index contributed by atoms with van der Waals surface area (Å²) in [7, 11) is -1.71. The van der Waals surface area contributed by atoms with E-state index in [1.807, 2.05) is 12.1 Å². The van der Waals surface area contributed by atoms with Crippen LogP contribution in [0.3, 0.4) is 0 Å². The quantitative estimate of drug-likeness (QED) is 0.574. The molecule has 0 bridgehead atoms. The number of aliphatic hydroxyl groups excluding tert-OH is 1. The second-order valence-corrected chi connectivity index (χ2v) is 16.1. The van der Waals surface area contributed by atoms with Crippen molar-refractivity contribution in [2.45, 2.75) is 83.2 Å². The Morgan fingerprint density at radius 3 is 2.28 bits per heavy atom. The second-order valence-electron chi connectivity index (χ2n) is 10.9. The van der Waals surface area contributed by atoms with Crippen LogP contribution >= 0.6 is 11.6 Å². The lowest BCUT2D eigenvalue weighted by atomic mass is 9.89. The predicted molar refractivity (Wildman–Crippen MR) is 125 cm³/mol. The van der Waals surface area contributed by atoms with Gasteiger partial charge in [0, 0.05) is 17.7 Å². The van der Waals surface area contributed by atoms with Gasteiger partial charge in [-0.25, -0.2) is 0 Å². The Labute approximate surface area is 183 Å². The SMILES string of the molecule is CC(C)(C)[Si](C)(C)OC[C@H]1C[C@@H](O)[C@H](N2CCC(Cc3ccc(Cl)cc3)CC2)C1. The van der Waals surface area contributed by atoms with Crippen molar-refractivity contribution >= 4 is 19.9 Å². The van der Waals surface area contributed by atoms with E-state index in [9.17, 15) is 5.11 Å². The van der Waals surface area contributed by atoms with Gasteiger partial charge in [0.2, 0.25) is 0 Å². The number of hydrogen-bond acceptors (Lipinski definition) is 3. The van der Waals surface area contributed by atoms with Crippen LogP contribution in [0.1, 0.15) is 52.0 Å². The number of aliphatic hydroxyl groups is 1. The molecule has 1 saturated heterocycles. The van der Waals surface area contributed by atoms with Crippen LogP contribution < -0.4 is 0 Å². The molecular weight excluding hydrogens is 398 g/mol. The highest BCUT2D eigenvalue weighted by Crippen LogP contribution is 2.39. The Morgan fingerprint density at radius 1 is 1.07 bits per heavy atom. The molecule has 1 N–H and O–H groups in total. The Kier molecular flexibility index (Phi) is 7.54.